The molecule has 0 saturated carbocycles. The fourth-order valence-corrected chi connectivity index (χ4v) is 1.98. The lowest BCUT2D eigenvalue weighted by atomic mass is 10.1. The number of hydrogen-bond acceptors (Lipinski definition) is 2. The topological polar surface area (TPSA) is 53.1 Å². The number of hydrogen-bond donors (Lipinski definition) is 2. The first-order chi connectivity index (χ1) is 9.06. The largest absolute Gasteiger partial charge is 0.384 e. The summed E-state index contributed by atoms with van der Waals surface area (Å²) >= 11 is 5.87. The average molecular weight is 274 g/mol. The summed E-state index contributed by atoms with van der Waals surface area (Å²) in [5.74, 6) is 0.0897. The van der Waals surface area contributed by atoms with Crippen molar-refractivity contribution in [1.82, 2.24) is 0 Å². The molecule has 2 aromatic rings. The van der Waals surface area contributed by atoms with E-state index < -0.39 is 0 Å². The zero-order valence-corrected chi connectivity index (χ0v) is 11.5. The van der Waals surface area contributed by atoms with Crippen molar-refractivity contribution >= 4 is 23.1 Å². The van der Waals surface area contributed by atoms with Gasteiger partial charge in [0.05, 0.1) is 0 Å². The van der Waals surface area contributed by atoms with Crippen LogP contribution in [-0.2, 0) is 6.54 Å². The minimum absolute atomic E-state index is 0.0897. The molecule has 0 bridgehead atoms. The molecule has 0 unspecified atom stereocenters. The number of benzene rings is 2. The molecule has 0 aliphatic rings. The van der Waals surface area contributed by atoms with E-state index in [4.69, 9.17) is 22.7 Å². The molecule has 2 aromatic carbocycles. The smallest absolute Gasteiger partial charge is 0.122 e. The summed E-state index contributed by atoms with van der Waals surface area (Å²) in [7, 11) is 2.03. The lowest BCUT2D eigenvalue weighted by Crippen LogP contribution is -2.17. The van der Waals surface area contributed by atoms with Crippen LogP contribution in [0.25, 0.3) is 0 Å². The van der Waals surface area contributed by atoms with Gasteiger partial charge in [0.2, 0.25) is 0 Å². The molecule has 0 aromatic heterocycles. The van der Waals surface area contributed by atoms with Gasteiger partial charge in [0.25, 0.3) is 0 Å². The predicted molar refractivity (Wildman–Crippen MR) is 81.0 cm³/mol. The highest BCUT2D eigenvalue weighted by atomic mass is 35.5. The summed E-state index contributed by atoms with van der Waals surface area (Å²) in [6.45, 7) is 0.802. The molecule has 0 aliphatic heterocycles. The van der Waals surface area contributed by atoms with Crippen molar-refractivity contribution < 1.29 is 0 Å². The van der Waals surface area contributed by atoms with E-state index in [9.17, 15) is 0 Å². The van der Waals surface area contributed by atoms with Crippen LogP contribution in [0.4, 0.5) is 5.69 Å². The lowest BCUT2D eigenvalue weighted by molar-refractivity contribution is 0.923. The summed E-state index contributed by atoms with van der Waals surface area (Å²) in [6, 6.07) is 15.5. The van der Waals surface area contributed by atoms with Crippen LogP contribution in [-0.4, -0.2) is 12.9 Å². The van der Waals surface area contributed by atoms with Crippen molar-refractivity contribution in [1.29, 1.82) is 5.41 Å². The molecule has 98 valence electrons. The van der Waals surface area contributed by atoms with E-state index in [0.29, 0.717) is 0 Å². The van der Waals surface area contributed by atoms with Crippen molar-refractivity contribution in [3.8, 4) is 0 Å². The van der Waals surface area contributed by atoms with Crippen LogP contribution < -0.4 is 10.6 Å². The van der Waals surface area contributed by atoms with Crippen LogP contribution >= 0.6 is 11.6 Å². The number of nitrogens with zero attached hydrogens (tertiary/aromatic N) is 1. The Morgan fingerprint density at radius 1 is 1.11 bits per heavy atom. The molecular formula is C15H16ClN3. The fraction of sp³-hybridized carbons (Fsp3) is 0.133. The maximum Gasteiger partial charge on any atom is 0.122 e. The summed E-state index contributed by atoms with van der Waals surface area (Å²) in [5, 5.41) is 8.11. The van der Waals surface area contributed by atoms with Gasteiger partial charge < -0.3 is 10.6 Å². The quantitative estimate of drug-likeness (QED) is 0.664. The van der Waals surface area contributed by atoms with Gasteiger partial charge in [0.1, 0.15) is 5.84 Å². The molecule has 2 rings (SSSR count). The van der Waals surface area contributed by atoms with Gasteiger partial charge in [0.15, 0.2) is 0 Å². The van der Waals surface area contributed by atoms with Crippen LogP contribution in [0.15, 0.2) is 48.5 Å². The summed E-state index contributed by atoms with van der Waals surface area (Å²) in [4.78, 5) is 2.13. The minimum Gasteiger partial charge on any atom is -0.384 e. The van der Waals surface area contributed by atoms with Gasteiger partial charge in [-0.25, -0.2) is 0 Å². The normalized spacial score (nSPS) is 10.2. The SMILES string of the molecule is CN(Cc1ccc(Cl)cc1)c1ccc(C(=N)N)cc1. The Morgan fingerprint density at radius 2 is 1.68 bits per heavy atom. The summed E-state index contributed by atoms with van der Waals surface area (Å²) < 4.78 is 0. The van der Waals surface area contributed by atoms with Gasteiger partial charge in [-0.1, -0.05) is 23.7 Å². The Labute approximate surface area is 118 Å². The van der Waals surface area contributed by atoms with Crippen molar-refractivity contribution in [2.45, 2.75) is 6.54 Å². The second kappa shape index (κ2) is 5.76. The van der Waals surface area contributed by atoms with Crippen LogP contribution in [0.2, 0.25) is 5.02 Å². The van der Waals surface area contributed by atoms with E-state index in [1.165, 1.54) is 5.56 Å². The lowest BCUT2D eigenvalue weighted by Gasteiger charge is -2.19. The van der Waals surface area contributed by atoms with Crippen LogP contribution in [0, 0.1) is 5.41 Å². The van der Waals surface area contributed by atoms with E-state index in [-0.39, 0.29) is 5.84 Å². The predicted octanol–water partition coefficient (Wildman–Crippen LogP) is 3.26. The minimum atomic E-state index is 0.0897. The standard InChI is InChI=1S/C15H16ClN3/c1-19(10-11-2-6-13(16)7-3-11)14-8-4-12(5-9-14)15(17)18/h2-9H,10H2,1H3,(H3,17,18). The molecular weight excluding hydrogens is 258 g/mol. The highest BCUT2D eigenvalue weighted by molar-refractivity contribution is 6.30. The Bertz CT molecular complexity index is 561. The Kier molecular flexibility index (Phi) is 4.07. The molecule has 3 nitrogen and oxygen atoms in total. The fourth-order valence-electron chi connectivity index (χ4n) is 1.85. The number of nitrogens with two attached hydrogens (primary N) is 1. The van der Waals surface area contributed by atoms with E-state index in [1.807, 2.05) is 55.6 Å². The van der Waals surface area contributed by atoms with Crippen LogP contribution in [0.1, 0.15) is 11.1 Å². The average Bonchev–Trinajstić information content (AvgIpc) is 2.41. The third kappa shape index (κ3) is 3.48. The third-order valence-electron chi connectivity index (χ3n) is 2.95. The number of nitrogens with one attached hydrogen (secondary N) is 1. The first kappa shape index (κ1) is 13.4. The van der Waals surface area contributed by atoms with Crippen molar-refractivity contribution in [2.75, 3.05) is 11.9 Å². The molecule has 4 heteroatoms. The van der Waals surface area contributed by atoms with Gasteiger partial charge in [-0.2, -0.15) is 0 Å². The highest BCUT2D eigenvalue weighted by Crippen LogP contribution is 2.17. The molecule has 0 heterocycles. The molecule has 0 aliphatic carbocycles. The number of amidine groups is 1. The third-order valence-corrected chi connectivity index (χ3v) is 3.20. The monoisotopic (exact) mass is 273 g/mol. The molecule has 19 heavy (non-hydrogen) atoms. The van der Waals surface area contributed by atoms with Gasteiger partial charge in [-0.05, 0) is 42.0 Å². The van der Waals surface area contributed by atoms with Gasteiger partial charge in [0, 0.05) is 29.9 Å². The summed E-state index contributed by atoms with van der Waals surface area (Å²) in [6.07, 6.45) is 0. The van der Waals surface area contributed by atoms with Gasteiger partial charge in [-0.3, -0.25) is 5.41 Å². The summed E-state index contributed by atoms with van der Waals surface area (Å²) in [5.41, 5.74) is 8.45. The number of anilines is 1. The Morgan fingerprint density at radius 3 is 2.21 bits per heavy atom. The number of rotatable bonds is 4. The molecule has 0 radical (unpaired) electrons. The molecule has 3 N–H and O–H groups in total. The molecule has 0 fully saturated rings. The maximum absolute atomic E-state index is 7.36. The second-order valence-electron chi connectivity index (χ2n) is 4.44. The Hall–Kier alpha value is -2.00. The van der Waals surface area contributed by atoms with E-state index in [0.717, 1.165) is 22.8 Å². The van der Waals surface area contributed by atoms with E-state index >= 15 is 0 Å². The van der Waals surface area contributed by atoms with Crippen molar-refractivity contribution in [2.24, 2.45) is 5.73 Å². The van der Waals surface area contributed by atoms with Crippen molar-refractivity contribution in [3.63, 3.8) is 0 Å². The van der Waals surface area contributed by atoms with Crippen LogP contribution in [0.3, 0.4) is 0 Å². The number of nitrogen functional groups attached to an aromatic ring is 1. The second-order valence-corrected chi connectivity index (χ2v) is 4.88. The molecule has 0 saturated heterocycles. The number of halogens is 1. The zero-order chi connectivity index (χ0) is 13.8. The van der Waals surface area contributed by atoms with E-state index in [2.05, 4.69) is 4.90 Å². The highest BCUT2D eigenvalue weighted by Gasteiger charge is 2.03. The Balaban J connectivity index is 2.09. The van der Waals surface area contributed by atoms with Crippen molar-refractivity contribution in [3.05, 3.63) is 64.7 Å². The molecule has 0 atom stereocenters. The first-order valence-corrected chi connectivity index (χ1v) is 6.34. The van der Waals surface area contributed by atoms with Crippen LogP contribution in [0.5, 0.6) is 0 Å². The molecule has 0 spiro atoms. The zero-order valence-electron chi connectivity index (χ0n) is 10.7. The maximum atomic E-state index is 7.36. The van der Waals surface area contributed by atoms with E-state index in [1.54, 1.807) is 0 Å². The molecule has 0 amide bonds. The first-order valence-electron chi connectivity index (χ1n) is 5.96. The van der Waals surface area contributed by atoms with Gasteiger partial charge >= 0.3 is 0 Å². The van der Waals surface area contributed by atoms with Gasteiger partial charge in [-0.15, -0.1) is 0 Å².